The fourth-order valence-corrected chi connectivity index (χ4v) is 2.65. The number of esters is 1. The highest BCUT2D eigenvalue weighted by molar-refractivity contribution is 6.42. The zero-order valence-corrected chi connectivity index (χ0v) is 14.0. The van der Waals surface area contributed by atoms with Gasteiger partial charge in [0.2, 0.25) is 0 Å². The van der Waals surface area contributed by atoms with Crippen LogP contribution in [0.1, 0.15) is 12.2 Å². The molecule has 2 rings (SSSR count). The van der Waals surface area contributed by atoms with E-state index in [2.05, 4.69) is 5.32 Å². The molecule has 8 heteroatoms. The first-order valence-corrected chi connectivity index (χ1v) is 7.71. The quantitative estimate of drug-likeness (QED) is 0.761. The molecule has 0 bridgehead atoms. The number of anilines is 1. The largest absolute Gasteiger partial charge is 0.469 e. The first kappa shape index (κ1) is 17.7. The van der Waals surface area contributed by atoms with Crippen molar-refractivity contribution in [3.8, 4) is 0 Å². The number of rotatable bonds is 6. The Kier molecular flexibility index (Phi) is 6.33. The molecule has 5 nitrogen and oxygen atoms in total. The molecule has 0 saturated heterocycles. The maximum Gasteiger partial charge on any atom is 0.306 e. The fraction of sp³-hybridized carbons (Fsp3) is 0.200. The Bertz CT molecular complexity index is 678. The second-order valence-corrected chi connectivity index (χ2v) is 5.78. The first-order valence-electron chi connectivity index (χ1n) is 6.58. The molecule has 122 valence electrons. The van der Waals surface area contributed by atoms with Gasteiger partial charge in [0.15, 0.2) is 6.61 Å². The molecular weight excluding hydrogens is 365 g/mol. The molecule has 1 aromatic heterocycles. The van der Waals surface area contributed by atoms with E-state index in [0.29, 0.717) is 17.2 Å². The third-order valence-electron chi connectivity index (χ3n) is 2.79. The summed E-state index contributed by atoms with van der Waals surface area (Å²) >= 11 is 17.7. The summed E-state index contributed by atoms with van der Waals surface area (Å²) in [5.74, 6) is -0.390. The number of benzene rings is 1. The summed E-state index contributed by atoms with van der Waals surface area (Å²) < 4.78 is 9.97. The van der Waals surface area contributed by atoms with Crippen LogP contribution >= 0.6 is 34.8 Å². The van der Waals surface area contributed by atoms with Crippen LogP contribution in [0.15, 0.2) is 34.9 Å². The van der Waals surface area contributed by atoms with Gasteiger partial charge in [-0.25, -0.2) is 0 Å². The molecule has 2 aromatic rings. The summed E-state index contributed by atoms with van der Waals surface area (Å²) in [4.78, 5) is 23.3. The van der Waals surface area contributed by atoms with Gasteiger partial charge in [0.1, 0.15) is 5.76 Å². The number of carbonyl (C=O) groups excluding carboxylic acids is 2. The zero-order valence-electron chi connectivity index (χ0n) is 11.8. The number of nitrogens with one attached hydrogen (secondary N) is 1. The lowest BCUT2D eigenvalue weighted by molar-refractivity contribution is -0.147. The van der Waals surface area contributed by atoms with Crippen LogP contribution in [0.2, 0.25) is 15.1 Å². The van der Waals surface area contributed by atoms with Gasteiger partial charge in [-0.05, 0) is 24.3 Å². The van der Waals surface area contributed by atoms with Crippen molar-refractivity contribution in [2.24, 2.45) is 0 Å². The van der Waals surface area contributed by atoms with Crippen molar-refractivity contribution in [1.29, 1.82) is 0 Å². The summed E-state index contributed by atoms with van der Waals surface area (Å²) in [5.41, 5.74) is 0.217. The number of ether oxygens (including phenoxy) is 1. The van der Waals surface area contributed by atoms with E-state index in [1.165, 1.54) is 18.4 Å². The maximum atomic E-state index is 11.8. The van der Waals surface area contributed by atoms with Crippen LogP contribution < -0.4 is 5.32 Å². The lowest BCUT2D eigenvalue weighted by atomic mass is 10.2. The zero-order chi connectivity index (χ0) is 16.8. The highest BCUT2D eigenvalue weighted by Gasteiger charge is 2.13. The average molecular weight is 377 g/mol. The van der Waals surface area contributed by atoms with Crippen LogP contribution in [0.4, 0.5) is 5.69 Å². The molecule has 23 heavy (non-hydrogen) atoms. The number of hydrogen-bond acceptors (Lipinski definition) is 4. The number of halogens is 3. The standard InChI is InChI=1S/C15H12Cl3NO4/c16-9-6-11(17)15(12(18)7-9)19-13(20)8-23-14(21)4-3-10-2-1-5-22-10/h1-2,5-7H,3-4,8H2,(H,19,20). The lowest BCUT2D eigenvalue weighted by Crippen LogP contribution is -2.21. The van der Waals surface area contributed by atoms with E-state index in [-0.39, 0.29) is 22.2 Å². The first-order chi connectivity index (χ1) is 11.0. The number of hydrogen-bond donors (Lipinski definition) is 1. The molecule has 1 amide bonds. The molecule has 0 aliphatic carbocycles. The van der Waals surface area contributed by atoms with Crippen LogP contribution in [0.25, 0.3) is 0 Å². The van der Waals surface area contributed by atoms with Crippen molar-refractivity contribution >= 4 is 52.4 Å². The Balaban J connectivity index is 1.80. The van der Waals surface area contributed by atoms with Crippen molar-refractivity contribution in [3.05, 3.63) is 51.4 Å². The normalized spacial score (nSPS) is 10.4. The molecular formula is C15H12Cl3NO4. The van der Waals surface area contributed by atoms with E-state index in [4.69, 9.17) is 44.0 Å². The van der Waals surface area contributed by atoms with E-state index >= 15 is 0 Å². The van der Waals surface area contributed by atoms with Gasteiger partial charge in [0.25, 0.3) is 5.91 Å². The smallest absolute Gasteiger partial charge is 0.306 e. The summed E-state index contributed by atoms with van der Waals surface area (Å²) in [6.45, 7) is -0.438. The number of amides is 1. The van der Waals surface area contributed by atoms with Crippen molar-refractivity contribution in [2.45, 2.75) is 12.8 Å². The minimum absolute atomic E-state index is 0.114. The van der Waals surface area contributed by atoms with Crippen LogP contribution in [0.3, 0.4) is 0 Å². The van der Waals surface area contributed by atoms with Crippen LogP contribution in [0.5, 0.6) is 0 Å². The van der Waals surface area contributed by atoms with Gasteiger partial charge in [-0.1, -0.05) is 34.8 Å². The highest BCUT2D eigenvalue weighted by Crippen LogP contribution is 2.33. The Morgan fingerprint density at radius 1 is 1.17 bits per heavy atom. The third-order valence-corrected chi connectivity index (χ3v) is 3.61. The van der Waals surface area contributed by atoms with E-state index in [0.717, 1.165) is 0 Å². The molecule has 0 aliphatic heterocycles. The second kappa shape index (κ2) is 8.24. The van der Waals surface area contributed by atoms with Crippen LogP contribution in [-0.4, -0.2) is 18.5 Å². The Labute approximate surface area is 147 Å². The predicted octanol–water partition coefficient (Wildman–Crippen LogP) is 4.35. The number of furan rings is 1. The van der Waals surface area contributed by atoms with E-state index in [1.807, 2.05) is 0 Å². The van der Waals surface area contributed by atoms with Gasteiger partial charge in [0, 0.05) is 11.4 Å². The average Bonchev–Trinajstić information content (AvgIpc) is 3.00. The van der Waals surface area contributed by atoms with E-state index in [9.17, 15) is 9.59 Å². The summed E-state index contributed by atoms with van der Waals surface area (Å²) in [5, 5.41) is 3.21. The molecule has 0 spiro atoms. The number of carbonyl (C=O) groups is 2. The molecule has 1 heterocycles. The Morgan fingerprint density at radius 3 is 2.48 bits per heavy atom. The van der Waals surface area contributed by atoms with Gasteiger partial charge < -0.3 is 14.5 Å². The van der Waals surface area contributed by atoms with Gasteiger partial charge >= 0.3 is 5.97 Å². The van der Waals surface area contributed by atoms with Gasteiger partial charge in [0.05, 0.1) is 28.4 Å². The minimum atomic E-state index is -0.553. The maximum absolute atomic E-state index is 11.8. The summed E-state index contributed by atoms with van der Waals surface area (Å²) in [6.07, 6.45) is 2.04. The van der Waals surface area contributed by atoms with Crippen LogP contribution in [0, 0.1) is 0 Å². The van der Waals surface area contributed by atoms with Crippen molar-refractivity contribution in [3.63, 3.8) is 0 Å². The van der Waals surface area contributed by atoms with E-state index < -0.39 is 18.5 Å². The molecule has 0 atom stereocenters. The van der Waals surface area contributed by atoms with Crippen molar-refractivity contribution in [2.75, 3.05) is 11.9 Å². The van der Waals surface area contributed by atoms with E-state index in [1.54, 1.807) is 12.1 Å². The molecule has 0 radical (unpaired) electrons. The summed E-state index contributed by atoms with van der Waals surface area (Å²) in [7, 11) is 0. The van der Waals surface area contributed by atoms with Crippen molar-refractivity contribution < 1.29 is 18.7 Å². The molecule has 0 aliphatic rings. The Morgan fingerprint density at radius 2 is 1.87 bits per heavy atom. The molecule has 0 unspecified atom stereocenters. The lowest BCUT2D eigenvalue weighted by Gasteiger charge is -2.10. The van der Waals surface area contributed by atoms with Crippen LogP contribution in [-0.2, 0) is 20.7 Å². The van der Waals surface area contributed by atoms with Gasteiger partial charge in [-0.2, -0.15) is 0 Å². The molecule has 0 saturated carbocycles. The van der Waals surface area contributed by atoms with Crippen molar-refractivity contribution in [1.82, 2.24) is 0 Å². The summed E-state index contributed by atoms with van der Waals surface area (Å²) in [6, 6.07) is 6.37. The van der Waals surface area contributed by atoms with Gasteiger partial charge in [-0.3, -0.25) is 9.59 Å². The highest BCUT2D eigenvalue weighted by atomic mass is 35.5. The second-order valence-electron chi connectivity index (χ2n) is 4.53. The molecule has 0 fully saturated rings. The monoisotopic (exact) mass is 375 g/mol. The predicted molar refractivity (Wildman–Crippen MR) is 88.1 cm³/mol. The third kappa shape index (κ3) is 5.46. The SMILES string of the molecule is O=C(COC(=O)CCc1ccco1)Nc1c(Cl)cc(Cl)cc1Cl. The minimum Gasteiger partial charge on any atom is -0.469 e. The fourth-order valence-electron chi connectivity index (χ4n) is 1.74. The molecule has 1 N–H and O–H groups in total. The number of aryl methyl sites for hydroxylation is 1. The molecule has 1 aromatic carbocycles. The Hall–Kier alpha value is -1.69. The van der Waals surface area contributed by atoms with Gasteiger partial charge in [-0.15, -0.1) is 0 Å². The topological polar surface area (TPSA) is 68.5 Å².